The third kappa shape index (κ3) is 3.38. The summed E-state index contributed by atoms with van der Waals surface area (Å²) in [6, 6.07) is 1.32. The highest BCUT2D eigenvalue weighted by atomic mass is 16.6. The monoisotopic (exact) mass is 227 g/mol. The Morgan fingerprint density at radius 2 is 2.25 bits per heavy atom. The molecular formula is C10H13NO5. The van der Waals surface area contributed by atoms with Crippen molar-refractivity contribution in [1.82, 2.24) is 5.16 Å². The molecule has 0 aliphatic carbocycles. The Labute approximate surface area is 92.2 Å². The summed E-state index contributed by atoms with van der Waals surface area (Å²) in [4.78, 5) is 22.2. The quantitative estimate of drug-likeness (QED) is 0.763. The molecule has 88 valence electrons. The van der Waals surface area contributed by atoms with Gasteiger partial charge in [-0.2, -0.15) is 0 Å². The van der Waals surface area contributed by atoms with Crippen molar-refractivity contribution in [2.45, 2.75) is 26.4 Å². The first-order valence-electron chi connectivity index (χ1n) is 4.85. The molecule has 0 bridgehead atoms. The molecule has 1 N–H and O–H groups in total. The first-order chi connectivity index (χ1) is 7.50. The predicted molar refractivity (Wildman–Crippen MR) is 52.8 cm³/mol. The number of aromatic nitrogens is 1. The molecule has 0 fully saturated rings. The molecule has 1 rings (SSSR count). The predicted octanol–water partition coefficient (Wildman–Crippen LogP) is 1.33. The standard InChI is InChI=1S/C10H13NO5/c1-6(2)5-8(9(12)13)16-10(14)7-3-4-15-11-7/h3-4,6,8H,5H2,1-2H3,(H,12,13)/t8-/m1/s1. The summed E-state index contributed by atoms with van der Waals surface area (Å²) >= 11 is 0. The van der Waals surface area contributed by atoms with Crippen LogP contribution in [0.15, 0.2) is 16.9 Å². The number of hydrogen-bond donors (Lipinski definition) is 1. The average Bonchev–Trinajstić information content (AvgIpc) is 2.68. The Morgan fingerprint density at radius 3 is 2.69 bits per heavy atom. The molecule has 0 saturated heterocycles. The van der Waals surface area contributed by atoms with Crippen molar-refractivity contribution >= 4 is 11.9 Å². The zero-order valence-corrected chi connectivity index (χ0v) is 9.04. The Balaban J connectivity index is 2.62. The van der Waals surface area contributed by atoms with E-state index in [0.29, 0.717) is 0 Å². The van der Waals surface area contributed by atoms with Crippen molar-refractivity contribution < 1.29 is 24.0 Å². The van der Waals surface area contributed by atoms with Gasteiger partial charge >= 0.3 is 11.9 Å². The van der Waals surface area contributed by atoms with E-state index < -0.39 is 18.0 Å². The Morgan fingerprint density at radius 1 is 1.56 bits per heavy atom. The number of carbonyl (C=O) groups is 2. The van der Waals surface area contributed by atoms with Gasteiger partial charge in [0.1, 0.15) is 6.26 Å². The molecule has 0 radical (unpaired) electrons. The molecular weight excluding hydrogens is 214 g/mol. The fourth-order valence-corrected chi connectivity index (χ4v) is 1.13. The number of rotatable bonds is 5. The highest BCUT2D eigenvalue weighted by molar-refractivity contribution is 5.89. The van der Waals surface area contributed by atoms with Gasteiger partial charge in [0.25, 0.3) is 0 Å². The topological polar surface area (TPSA) is 89.6 Å². The second kappa shape index (κ2) is 5.29. The van der Waals surface area contributed by atoms with Crippen LogP contribution in [0.4, 0.5) is 0 Å². The Hall–Kier alpha value is -1.85. The van der Waals surface area contributed by atoms with E-state index in [4.69, 9.17) is 9.84 Å². The first-order valence-corrected chi connectivity index (χ1v) is 4.85. The van der Waals surface area contributed by atoms with Gasteiger partial charge in [0.05, 0.1) is 0 Å². The molecule has 1 aromatic rings. The summed E-state index contributed by atoms with van der Waals surface area (Å²) in [6.45, 7) is 3.69. The van der Waals surface area contributed by atoms with E-state index in [1.165, 1.54) is 12.3 Å². The van der Waals surface area contributed by atoms with Gasteiger partial charge in [0.2, 0.25) is 0 Å². The van der Waals surface area contributed by atoms with Gasteiger partial charge in [-0.15, -0.1) is 0 Å². The number of aliphatic carboxylic acids is 1. The number of hydrogen-bond acceptors (Lipinski definition) is 5. The van der Waals surface area contributed by atoms with Crippen LogP contribution in [0.1, 0.15) is 30.8 Å². The SMILES string of the molecule is CC(C)C[C@@H](OC(=O)c1ccon1)C(=O)O. The third-order valence-electron chi connectivity index (χ3n) is 1.86. The minimum absolute atomic E-state index is 0.0324. The van der Waals surface area contributed by atoms with Gasteiger partial charge in [0, 0.05) is 6.07 Å². The summed E-state index contributed by atoms with van der Waals surface area (Å²) in [5.41, 5.74) is -0.0324. The maximum atomic E-state index is 11.4. The van der Waals surface area contributed by atoms with Crippen molar-refractivity contribution in [2.75, 3.05) is 0 Å². The minimum atomic E-state index is -1.16. The lowest BCUT2D eigenvalue weighted by atomic mass is 10.1. The van der Waals surface area contributed by atoms with Crippen LogP contribution in [-0.2, 0) is 9.53 Å². The Kier molecular flexibility index (Phi) is 4.04. The van der Waals surface area contributed by atoms with E-state index in [0.717, 1.165) is 0 Å². The van der Waals surface area contributed by atoms with Gasteiger partial charge in [-0.3, -0.25) is 0 Å². The fraction of sp³-hybridized carbons (Fsp3) is 0.500. The number of carboxylic acids is 1. The van der Waals surface area contributed by atoms with Crippen molar-refractivity contribution in [3.8, 4) is 0 Å². The Bertz CT molecular complexity index is 357. The van der Waals surface area contributed by atoms with Crippen LogP contribution in [0, 0.1) is 5.92 Å². The lowest BCUT2D eigenvalue weighted by Gasteiger charge is -2.14. The number of carbonyl (C=O) groups excluding carboxylic acids is 1. The van der Waals surface area contributed by atoms with E-state index >= 15 is 0 Å². The molecule has 16 heavy (non-hydrogen) atoms. The highest BCUT2D eigenvalue weighted by Gasteiger charge is 2.25. The largest absolute Gasteiger partial charge is 0.479 e. The second-order valence-electron chi connectivity index (χ2n) is 3.75. The molecule has 0 saturated carbocycles. The maximum Gasteiger partial charge on any atom is 0.361 e. The molecule has 0 aliphatic heterocycles. The first kappa shape index (κ1) is 12.2. The normalized spacial score (nSPS) is 12.4. The van der Waals surface area contributed by atoms with E-state index in [2.05, 4.69) is 9.68 Å². The molecule has 1 aromatic heterocycles. The molecule has 6 nitrogen and oxygen atoms in total. The van der Waals surface area contributed by atoms with Gasteiger partial charge in [0.15, 0.2) is 11.8 Å². The smallest absolute Gasteiger partial charge is 0.361 e. The highest BCUT2D eigenvalue weighted by Crippen LogP contribution is 2.11. The van der Waals surface area contributed by atoms with Crippen molar-refractivity contribution in [2.24, 2.45) is 5.92 Å². The van der Waals surface area contributed by atoms with Gasteiger partial charge in [-0.05, 0) is 12.3 Å². The van der Waals surface area contributed by atoms with Gasteiger partial charge in [-0.25, -0.2) is 9.59 Å². The summed E-state index contributed by atoms with van der Waals surface area (Å²) in [5, 5.41) is 12.2. The van der Waals surface area contributed by atoms with Gasteiger partial charge < -0.3 is 14.4 Å². The summed E-state index contributed by atoms with van der Waals surface area (Å²) in [5.74, 6) is -1.83. The van der Waals surface area contributed by atoms with Gasteiger partial charge in [-0.1, -0.05) is 19.0 Å². The number of ether oxygens (including phenoxy) is 1. The summed E-state index contributed by atoms with van der Waals surface area (Å²) in [6.07, 6.45) is 0.331. The van der Waals surface area contributed by atoms with E-state index in [1.54, 1.807) is 0 Å². The summed E-state index contributed by atoms with van der Waals surface area (Å²) in [7, 11) is 0. The molecule has 0 aromatic carbocycles. The fourth-order valence-electron chi connectivity index (χ4n) is 1.13. The molecule has 1 atom stereocenters. The molecule has 0 unspecified atom stereocenters. The van der Waals surface area contributed by atoms with Crippen LogP contribution < -0.4 is 0 Å². The van der Waals surface area contributed by atoms with E-state index in [1.807, 2.05) is 13.8 Å². The second-order valence-corrected chi connectivity index (χ2v) is 3.75. The zero-order valence-electron chi connectivity index (χ0n) is 9.04. The summed E-state index contributed by atoms with van der Waals surface area (Å²) < 4.78 is 9.27. The van der Waals surface area contributed by atoms with Crippen molar-refractivity contribution in [1.29, 1.82) is 0 Å². The van der Waals surface area contributed by atoms with Crippen LogP contribution in [0.5, 0.6) is 0 Å². The molecule has 0 spiro atoms. The average molecular weight is 227 g/mol. The van der Waals surface area contributed by atoms with Crippen LogP contribution in [0.25, 0.3) is 0 Å². The maximum absolute atomic E-state index is 11.4. The van der Waals surface area contributed by atoms with Crippen LogP contribution >= 0.6 is 0 Å². The lowest BCUT2D eigenvalue weighted by molar-refractivity contribution is -0.148. The number of carboxylic acid groups (broad SMARTS) is 1. The molecule has 0 amide bonds. The molecule has 1 heterocycles. The lowest BCUT2D eigenvalue weighted by Crippen LogP contribution is -2.28. The molecule has 6 heteroatoms. The number of esters is 1. The zero-order chi connectivity index (χ0) is 12.1. The van der Waals surface area contributed by atoms with Crippen molar-refractivity contribution in [3.63, 3.8) is 0 Å². The minimum Gasteiger partial charge on any atom is -0.479 e. The van der Waals surface area contributed by atoms with E-state index in [9.17, 15) is 9.59 Å². The van der Waals surface area contributed by atoms with Crippen LogP contribution in [-0.4, -0.2) is 28.3 Å². The van der Waals surface area contributed by atoms with Crippen LogP contribution in [0.2, 0.25) is 0 Å². The third-order valence-corrected chi connectivity index (χ3v) is 1.86. The number of nitrogens with zero attached hydrogens (tertiary/aromatic N) is 1. The van der Waals surface area contributed by atoms with Crippen LogP contribution in [0.3, 0.4) is 0 Å². The van der Waals surface area contributed by atoms with Crippen molar-refractivity contribution in [3.05, 3.63) is 18.0 Å². The molecule has 0 aliphatic rings. The van der Waals surface area contributed by atoms with E-state index in [-0.39, 0.29) is 18.0 Å².